The predicted octanol–water partition coefficient (Wildman–Crippen LogP) is 6.97. The highest BCUT2D eigenvalue weighted by Gasteiger charge is 2.33. The molecule has 2 saturated heterocycles. The number of rotatable bonds is 9. The van der Waals surface area contributed by atoms with Gasteiger partial charge in [0.15, 0.2) is 0 Å². The standard InChI is InChI=1S/C34H41ClN2O4/c1-3-7-30-29(9-6-18-37-19-16-34(38,17-20-37)25-10-12-26(35)13-11-25)31-22-27(40-23-28-8-4-5-21-39-28)14-15-33(31)41-24-32(30)36-2/h3,7,9-15,22,28,38H,2,4-6,8,16-21,23-24H2,1H3/b7-3-,29-9+/t28-/m1/s1. The third-order valence-electron chi connectivity index (χ3n) is 8.30. The number of aliphatic hydroxyl groups is 1. The molecular formula is C34H41ClN2O4. The van der Waals surface area contributed by atoms with E-state index in [0.29, 0.717) is 31.1 Å². The first-order chi connectivity index (χ1) is 20.0. The van der Waals surface area contributed by atoms with Crippen molar-refractivity contribution in [2.75, 3.05) is 39.5 Å². The molecule has 1 atom stereocenters. The van der Waals surface area contributed by atoms with Crippen LogP contribution in [0.1, 0.15) is 56.6 Å². The molecule has 0 aromatic heterocycles. The van der Waals surface area contributed by atoms with Crippen molar-refractivity contribution in [3.05, 3.63) is 88.1 Å². The van der Waals surface area contributed by atoms with Crippen molar-refractivity contribution in [3.8, 4) is 11.5 Å². The number of fused-ring (bicyclic) bond motifs is 1. The molecule has 3 heterocycles. The Hall–Kier alpha value is -2.90. The van der Waals surface area contributed by atoms with Gasteiger partial charge in [-0.1, -0.05) is 42.0 Å². The molecule has 6 nitrogen and oxygen atoms in total. The summed E-state index contributed by atoms with van der Waals surface area (Å²) in [6.45, 7) is 10.1. The molecule has 2 fully saturated rings. The van der Waals surface area contributed by atoms with Crippen LogP contribution in [0, 0.1) is 0 Å². The number of piperidine rings is 1. The predicted molar refractivity (Wildman–Crippen MR) is 166 cm³/mol. The van der Waals surface area contributed by atoms with Gasteiger partial charge in [0.1, 0.15) is 24.7 Å². The normalized spacial score (nSPS) is 22.3. The highest BCUT2D eigenvalue weighted by atomic mass is 35.5. The zero-order valence-electron chi connectivity index (χ0n) is 24.0. The van der Waals surface area contributed by atoms with Crippen molar-refractivity contribution >= 4 is 23.9 Å². The lowest BCUT2D eigenvalue weighted by molar-refractivity contribution is -0.0254. The molecule has 0 spiro atoms. The third kappa shape index (κ3) is 7.31. The largest absolute Gasteiger partial charge is 0.491 e. The van der Waals surface area contributed by atoms with Gasteiger partial charge in [-0.05, 0) is 93.6 Å². The quantitative estimate of drug-likeness (QED) is 0.327. The van der Waals surface area contributed by atoms with E-state index in [-0.39, 0.29) is 6.10 Å². The monoisotopic (exact) mass is 576 g/mol. The van der Waals surface area contributed by atoms with E-state index in [9.17, 15) is 5.11 Å². The molecule has 41 heavy (non-hydrogen) atoms. The summed E-state index contributed by atoms with van der Waals surface area (Å²) in [5.74, 6) is 1.61. The third-order valence-corrected chi connectivity index (χ3v) is 8.55. The second-order valence-electron chi connectivity index (χ2n) is 11.1. The molecule has 0 aliphatic carbocycles. The molecule has 0 unspecified atom stereocenters. The Bertz CT molecular complexity index is 1290. The van der Waals surface area contributed by atoms with E-state index >= 15 is 0 Å². The van der Waals surface area contributed by atoms with Crippen molar-refractivity contribution < 1.29 is 19.3 Å². The summed E-state index contributed by atoms with van der Waals surface area (Å²) < 4.78 is 18.2. The van der Waals surface area contributed by atoms with Gasteiger partial charge in [-0.25, -0.2) is 0 Å². The van der Waals surface area contributed by atoms with Gasteiger partial charge >= 0.3 is 0 Å². The van der Waals surface area contributed by atoms with Crippen molar-refractivity contribution in [2.24, 2.45) is 4.99 Å². The van der Waals surface area contributed by atoms with Gasteiger partial charge in [-0.3, -0.25) is 4.99 Å². The number of halogens is 1. The average molecular weight is 577 g/mol. The van der Waals surface area contributed by atoms with Crippen LogP contribution in [0.3, 0.4) is 0 Å². The van der Waals surface area contributed by atoms with E-state index in [2.05, 4.69) is 34.8 Å². The highest BCUT2D eigenvalue weighted by molar-refractivity contribution is 6.30. The smallest absolute Gasteiger partial charge is 0.131 e. The van der Waals surface area contributed by atoms with Crippen LogP contribution in [0.2, 0.25) is 5.02 Å². The summed E-state index contributed by atoms with van der Waals surface area (Å²) in [6, 6.07) is 13.6. The number of allylic oxidation sites excluding steroid dienone is 4. The molecule has 1 N–H and O–H groups in total. The van der Waals surface area contributed by atoms with E-state index < -0.39 is 5.60 Å². The van der Waals surface area contributed by atoms with E-state index in [0.717, 1.165) is 85.0 Å². The lowest BCUT2D eigenvalue weighted by Crippen LogP contribution is -2.42. The minimum Gasteiger partial charge on any atom is -0.491 e. The molecule has 0 saturated carbocycles. The molecule has 218 valence electrons. The van der Waals surface area contributed by atoms with E-state index in [4.69, 9.17) is 25.8 Å². The van der Waals surface area contributed by atoms with Crippen LogP contribution < -0.4 is 9.47 Å². The van der Waals surface area contributed by atoms with Gasteiger partial charge in [0.2, 0.25) is 0 Å². The summed E-state index contributed by atoms with van der Waals surface area (Å²) in [7, 11) is 0. The molecule has 0 radical (unpaired) electrons. The van der Waals surface area contributed by atoms with Crippen LogP contribution in [-0.4, -0.2) is 62.3 Å². The van der Waals surface area contributed by atoms with Gasteiger partial charge in [0.25, 0.3) is 0 Å². The van der Waals surface area contributed by atoms with Gasteiger partial charge in [0.05, 0.1) is 17.4 Å². The maximum absolute atomic E-state index is 11.3. The summed E-state index contributed by atoms with van der Waals surface area (Å²) in [5.41, 5.74) is 4.04. The van der Waals surface area contributed by atoms with Gasteiger partial charge in [-0.2, -0.15) is 0 Å². The van der Waals surface area contributed by atoms with E-state index in [1.54, 1.807) is 0 Å². The number of benzene rings is 2. The van der Waals surface area contributed by atoms with Crippen LogP contribution in [0.15, 0.2) is 77.0 Å². The van der Waals surface area contributed by atoms with Crippen molar-refractivity contribution in [1.29, 1.82) is 0 Å². The van der Waals surface area contributed by atoms with Crippen LogP contribution in [0.5, 0.6) is 11.5 Å². The Morgan fingerprint density at radius 2 is 1.98 bits per heavy atom. The Morgan fingerprint density at radius 1 is 1.17 bits per heavy atom. The molecule has 2 aromatic rings. The minimum absolute atomic E-state index is 0.144. The zero-order chi connectivity index (χ0) is 28.7. The summed E-state index contributed by atoms with van der Waals surface area (Å²) >= 11 is 6.06. The first-order valence-corrected chi connectivity index (χ1v) is 15.1. The maximum Gasteiger partial charge on any atom is 0.131 e. The molecule has 2 aromatic carbocycles. The van der Waals surface area contributed by atoms with Crippen LogP contribution in [0.25, 0.3) is 5.57 Å². The lowest BCUT2D eigenvalue weighted by atomic mass is 9.84. The Labute approximate surface area is 249 Å². The lowest BCUT2D eigenvalue weighted by Gasteiger charge is -2.38. The molecular weight excluding hydrogens is 536 g/mol. The fourth-order valence-electron chi connectivity index (χ4n) is 5.88. The van der Waals surface area contributed by atoms with Gasteiger partial charge in [0, 0.05) is 42.4 Å². The number of hydrogen-bond acceptors (Lipinski definition) is 6. The van der Waals surface area contributed by atoms with Crippen molar-refractivity contribution in [3.63, 3.8) is 0 Å². The fourth-order valence-corrected chi connectivity index (χ4v) is 6.00. The zero-order valence-corrected chi connectivity index (χ0v) is 24.7. The van der Waals surface area contributed by atoms with E-state index in [1.807, 2.05) is 49.4 Å². The van der Waals surface area contributed by atoms with Crippen LogP contribution in [-0.2, 0) is 10.3 Å². The topological polar surface area (TPSA) is 63.5 Å². The van der Waals surface area contributed by atoms with Crippen LogP contribution >= 0.6 is 11.6 Å². The molecule has 3 aliphatic rings. The van der Waals surface area contributed by atoms with Gasteiger partial charge in [-0.15, -0.1) is 0 Å². The second kappa shape index (κ2) is 13.8. The molecule has 3 aliphatic heterocycles. The Morgan fingerprint density at radius 3 is 2.68 bits per heavy atom. The fraction of sp³-hybridized carbons (Fsp3) is 0.441. The SMILES string of the molecule is C=NC1=C(/C=C\C)/C(=C\CCN2CCC(O)(c3ccc(Cl)cc3)CC2)c2cc(OC[C@H]3CCCCO3)ccc2OC1. The number of nitrogens with zero attached hydrogens (tertiary/aromatic N) is 2. The number of likely N-dealkylation sites (tertiary alicyclic amines) is 1. The first kappa shape index (κ1) is 29.6. The number of hydrogen-bond donors (Lipinski definition) is 1. The molecule has 0 bridgehead atoms. The van der Waals surface area contributed by atoms with Crippen molar-refractivity contribution in [1.82, 2.24) is 4.90 Å². The number of ether oxygens (including phenoxy) is 3. The minimum atomic E-state index is -0.803. The summed E-state index contributed by atoms with van der Waals surface area (Å²) in [4.78, 5) is 6.75. The molecule has 0 amide bonds. The first-order valence-electron chi connectivity index (χ1n) is 14.7. The Balaban J connectivity index is 1.31. The molecule has 7 heteroatoms. The van der Waals surface area contributed by atoms with Crippen molar-refractivity contribution in [2.45, 2.75) is 57.2 Å². The maximum atomic E-state index is 11.3. The van der Waals surface area contributed by atoms with Gasteiger partial charge < -0.3 is 24.2 Å². The second-order valence-corrected chi connectivity index (χ2v) is 11.5. The van der Waals surface area contributed by atoms with E-state index in [1.165, 1.54) is 6.42 Å². The number of aliphatic imine (C=N–C) groups is 1. The average Bonchev–Trinajstić information content (AvgIpc) is 3.14. The van der Waals surface area contributed by atoms with Crippen LogP contribution in [0.4, 0.5) is 0 Å². The molecule has 5 rings (SSSR count). The Kier molecular flexibility index (Phi) is 9.99. The highest BCUT2D eigenvalue weighted by Crippen LogP contribution is 2.40. The summed E-state index contributed by atoms with van der Waals surface area (Å²) in [5, 5.41) is 12.0. The summed E-state index contributed by atoms with van der Waals surface area (Å²) in [6.07, 6.45) is 12.1.